The Balaban J connectivity index is 2.19. The van der Waals surface area contributed by atoms with Crippen molar-refractivity contribution in [1.29, 1.82) is 0 Å². The zero-order chi connectivity index (χ0) is 35.7. The largest absolute Gasteiger partial charge is 0.481 e. The summed E-state index contributed by atoms with van der Waals surface area (Å²) in [5.41, 5.74) is -9.38. The van der Waals surface area contributed by atoms with Gasteiger partial charge in [0.15, 0.2) is 0 Å². The molecule has 2 saturated carbocycles. The summed E-state index contributed by atoms with van der Waals surface area (Å²) in [6, 6.07) is 0. The molecule has 2 bridgehead atoms. The number of carbonyl (C=O) groups excluding carboxylic acids is 2. The summed E-state index contributed by atoms with van der Waals surface area (Å²) < 4.78 is 91.1. The molecule has 2 aliphatic carbocycles. The van der Waals surface area contributed by atoms with E-state index in [0.29, 0.717) is 12.8 Å². The van der Waals surface area contributed by atoms with Gasteiger partial charge in [0.1, 0.15) is 12.7 Å². The van der Waals surface area contributed by atoms with Crippen LogP contribution in [0, 0.1) is 34.0 Å². The first-order valence-electron chi connectivity index (χ1n) is 15.8. The highest BCUT2D eigenvalue weighted by atomic mass is 19.4. The number of rotatable bonds is 16. The number of aliphatic carboxylic acids is 1. The smallest absolute Gasteiger partial charge is 0.426 e. The van der Waals surface area contributed by atoms with Gasteiger partial charge in [-0.3, -0.25) is 14.4 Å². The maximum Gasteiger partial charge on any atom is 0.426 e. The van der Waals surface area contributed by atoms with Crippen LogP contribution in [0.4, 0.5) is 26.3 Å². The molecule has 0 aromatic rings. The molecule has 0 aliphatic heterocycles. The van der Waals surface area contributed by atoms with E-state index in [0.717, 1.165) is 0 Å². The van der Waals surface area contributed by atoms with Crippen LogP contribution < -0.4 is 0 Å². The second-order valence-corrected chi connectivity index (χ2v) is 15.4. The van der Waals surface area contributed by atoms with E-state index < -0.39 is 88.0 Å². The van der Waals surface area contributed by atoms with Gasteiger partial charge in [0.2, 0.25) is 0 Å². The molecule has 2 rings (SSSR count). The number of carboxylic acid groups (broad SMARTS) is 1. The van der Waals surface area contributed by atoms with Crippen molar-refractivity contribution in [3.63, 3.8) is 0 Å². The highest BCUT2D eigenvalue weighted by molar-refractivity contribution is 5.78. The highest BCUT2D eigenvalue weighted by Crippen LogP contribution is 2.56. The minimum atomic E-state index is -5.90. The highest BCUT2D eigenvalue weighted by Gasteiger charge is 2.71. The standard InChI is InChI=1S/C32H50F6O8/c1-8-28(6,24(41)45-18-27(4,5)43)12-13-29(7,11-9-10-26(2,3)23(39)40)25(42)46-22-16-19-14-20(22)15-21(19)17-30(44,31(33,34)35)32(36,37)38/h19-22,43-44H,8-18H2,1-7H3,(H,39,40). The third-order valence-corrected chi connectivity index (χ3v) is 10.4. The molecular weight excluding hydrogens is 626 g/mol. The Morgan fingerprint density at radius 3 is 1.72 bits per heavy atom. The van der Waals surface area contributed by atoms with Crippen LogP contribution in [0.15, 0.2) is 0 Å². The molecular formula is C32H50F6O8. The number of carbonyl (C=O) groups is 3. The molecule has 3 N–H and O–H groups in total. The SMILES string of the molecule is CCC(C)(CCC(C)(CCCC(C)(C)C(=O)O)C(=O)OC1CC2CC1CC2CC(O)(C(F)(F)F)C(F)(F)F)C(=O)OCC(C)(C)O. The monoisotopic (exact) mass is 676 g/mol. The number of ether oxygens (including phenoxy) is 2. The minimum Gasteiger partial charge on any atom is -0.481 e. The van der Waals surface area contributed by atoms with Crippen LogP contribution in [-0.4, -0.2) is 69.5 Å². The van der Waals surface area contributed by atoms with Crippen molar-refractivity contribution in [2.24, 2.45) is 34.0 Å². The van der Waals surface area contributed by atoms with Gasteiger partial charge in [-0.2, -0.15) is 26.3 Å². The number of carboxylic acids is 1. The van der Waals surface area contributed by atoms with Crippen LogP contribution in [0.1, 0.15) is 113 Å². The van der Waals surface area contributed by atoms with E-state index in [9.17, 15) is 56.0 Å². The molecule has 2 aliphatic rings. The average Bonchev–Trinajstić information content (AvgIpc) is 3.48. The molecule has 2 fully saturated rings. The van der Waals surface area contributed by atoms with Gasteiger partial charge in [-0.25, -0.2) is 0 Å². The Labute approximate surface area is 266 Å². The van der Waals surface area contributed by atoms with Crippen LogP contribution in [-0.2, 0) is 23.9 Å². The summed E-state index contributed by atoms with van der Waals surface area (Å²) in [5, 5.41) is 29.2. The maximum absolute atomic E-state index is 13.8. The molecule has 0 spiro atoms. The normalized spacial score (nSPS) is 25.1. The first-order chi connectivity index (χ1) is 20.6. The van der Waals surface area contributed by atoms with E-state index in [2.05, 4.69) is 0 Å². The van der Waals surface area contributed by atoms with Crippen LogP contribution in [0.3, 0.4) is 0 Å². The molecule has 0 heterocycles. The quantitative estimate of drug-likeness (QED) is 0.118. The van der Waals surface area contributed by atoms with E-state index in [4.69, 9.17) is 9.47 Å². The van der Waals surface area contributed by atoms with E-state index in [1.54, 1.807) is 34.6 Å². The van der Waals surface area contributed by atoms with Gasteiger partial charge in [0.25, 0.3) is 5.60 Å². The molecule has 0 aromatic carbocycles. The van der Waals surface area contributed by atoms with Crippen LogP contribution in [0.5, 0.6) is 0 Å². The minimum absolute atomic E-state index is 0.0605. The molecule has 0 aromatic heterocycles. The van der Waals surface area contributed by atoms with Gasteiger partial charge >= 0.3 is 30.3 Å². The van der Waals surface area contributed by atoms with Crippen molar-refractivity contribution in [2.75, 3.05) is 6.61 Å². The predicted octanol–water partition coefficient (Wildman–Crippen LogP) is 6.99. The summed E-state index contributed by atoms with van der Waals surface area (Å²) in [4.78, 5) is 38.4. The molecule has 0 saturated heterocycles. The lowest BCUT2D eigenvalue weighted by atomic mass is 9.72. The first-order valence-corrected chi connectivity index (χ1v) is 15.8. The van der Waals surface area contributed by atoms with Crippen molar-refractivity contribution < 1.29 is 65.5 Å². The van der Waals surface area contributed by atoms with Crippen molar-refractivity contribution in [3.05, 3.63) is 0 Å². The molecule has 6 unspecified atom stereocenters. The number of alkyl halides is 6. The molecule has 6 atom stereocenters. The molecule has 0 radical (unpaired) electrons. The van der Waals surface area contributed by atoms with Crippen molar-refractivity contribution in [3.8, 4) is 0 Å². The fourth-order valence-corrected chi connectivity index (χ4v) is 6.54. The van der Waals surface area contributed by atoms with E-state index in [1.807, 2.05) is 0 Å². The van der Waals surface area contributed by atoms with Crippen LogP contribution in [0.25, 0.3) is 0 Å². The van der Waals surface area contributed by atoms with Gasteiger partial charge in [0, 0.05) is 0 Å². The predicted molar refractivity (Wildman–Crippen MR) is 154 cm³/mol. The Hall–Kier alpha value is -2.09. The average molecular weight is 677 g/mol. The molecule has 0 amide bonds. The topological polar surface area (TPSA) is 130 Å². The number of aliphatic hydroxyl groups is 2. The Morgan fingerprint density at radius 2 is 1.28 bits per heavy atom. The Bertz CT molecular complexity index is 1080. The molecule has 14 heteroatoms. The summed E-state index contributed by atoms with van der Waals surface area (Å²) >= 11 is 0. The van der Waals surface area contributed by atoms with Gasteiger partial charge < -0.3 is 24.8 Å². The number of hydrogen-bond donors (Lipinski definition) is 3. The lowest BCUT2D eigenvalue weighted by Gasteiger charge is -2.38. The first kappa shape index (κ1) is 40.1. The molecule has 46 heavy (non-hydrogen) atoms. The summed E-state index contributed by atoms with van der Waals surface area (Å²) in [6.45, 7) is 11.0. The number of fused-ring (bicyclic) bond motifs is 2. The van der Waals surface area contributed by atoms with E-state index in [1.165, 1.54) is 13.8 Å². The van der Waals surface area contributed by atoms with E-state index in [-0.39, 0.29) is 51.6 Å². The third-order valence-electron chi connectivity index (χ3n) is 10.4. The maximum atomic E-state index is 13.8. The lowest BCUT2D eigenvalue weighted by Crippen LogP contribution is -2.58. The van der Waals surface area contributed by atoms with Crippen molar-refractivity contribution >= 4 is 17.9 Å². The summed E-state index contributed by atoms with van der Waals surface area (Å²) in [5.74, 6) is -4.34. The summed E-state index contributed by atoms with van der Waals surface area (Å²) in [7, 11) is 0. The van der Waals surface area contributed by atoms with Gasteiger partial charge in [0.05, 0.1) is 21.8 Å². The van der Waals surface area contributed by atoms with E-state index >= 15 is 0 Å². The van der Waals surface area contributed by atoms with Gasteiger partial charge in [-0.05, 0) is 117 Å². The molecule has 268 valence electrons. The molecule has 8 nitrogen and oxygen atoms in total. The van der Waals surface area contributed by atoms with Gasteiger partial charge in [-0.15, -0.1) is 0 Å². The third kappa shape index (κ3) is 9.29. The van der Waals surface area contributed by atoms with Crippen LogP contribution >= 0.6 is 0 Å². The Kier molecular flexibility index (Phi) is 12.0. The van der Waals surface area contributed by atoms with Crippen molar-refractivity contribution in [2.45, 2.75) is 142 Å². The zero-order valence-corrected chi connectivity index (χ0v) is 27.7. The fourth-order valence-electron chi connectivity index (χ4n) is 6.54. The number of esters is 2. The fraction of sp³-hybridized carbons (Fsp3) is 0.906. The van der Waals surface area contributed by atoms with Crippen molar-refractivity contribution in [1.82, 2.24) is 0 Å². The van der Waals surface area contributed by atoms with Crippen LogP contribution in [0.2, 0.25) is 0 Å². The zero-order valence-electron chi connectivity index (χ0n) is 27.7. The second kappa shape index (κ2) is 13.8. The second-order valence-electron chi connectivity index (χ2n) is 15.4. The van der Waals surface area contributed by atoms with Gasteiger partial charge in [-0.1, -0.05) is 13.3 Å². The summed E-state index contributed by atoms with van der Waals surface area (Å²) in [6.07, 6.45) is -12.3. The lowest BCUT2D eigenvalue weighted by molar-refractivity contribution is -0.373. The number of hydrogen-bond acceptors (Lipinski definition) is 7. The Morgan fingerprint density at radius 1 is 0.739 bits per heavy atom. The number of halogens is 6.